The first-order valence-electron chi connectivity index (χ1n) is 7.91. The zero-order chi connectivity index (χ0) is 17.4. The van der Waals surface area contributed by atoms with E-state index in [0.717, 1.165) is 33.3 Å². The number of hydrogen-bond donors (Lipinski definition) is 2. The van der Waals surface area contributed by atoms with Gasteiger partial charge in [-0.15, -0.1) is 0 Å². The molecule has 0 aliphatic carbocycles. The van der Waals surface area contributed by atoms with Gasteiger partial charge in [0, 0.05) is 11.8 Å². The van der Waals surface area contributed by atoms with Crippen molar-refractivity contribution in [1.29, 1.82) is 0 Å². The predicted octanol–water partition coefficient (Wildman–Crippen LogP) is 4.52. The average molecular weight is 333 g/mol. The van der Waals surface area contributed by atoms with E-state index in [0.29, 0.717) is 11.6 Å². The Morgan fingerprint density at radius 2 is 1.80 bits per heavy atom. The van der Waals surface area contributed by atoms with Crippen LogP contribution in [0.25, 0.3) is 22.0 Å². The van der Waals surface area contributed by atoms with E-state index in [1.165, 1.54) is 18.5 Å². The predicted molar refractivity (Wildman–Crippen MR) is 96.3 cm³/mol. The summed E-state index contributed by atoms with van der Waals surface area (Å²) in [7, 11) is 0. The Bertz CT molecular complexity index is 1050. The molecule has 0 saturated heterocycles. The molecule has 4 aromatic rings. The molecular weight excluding hydrogens is 317 g/mol. The molecule has 0 saturated carbocycles. The summed E-state index contributed by atoms with van der Waals surface area (Å²) < 4.78 is 13.3. The molecule has 2 aromatic carbocycles. The molecule has 0 radical (unpaired) electrons. The minimum atomic E-state index is -0.261. The molecule has 0 spiro atoms. The van der Waals surface area contributed by atoms with Gasteiger partial charge in [-0.05, 0) is 48.7 Å². The van der Waals surface area contributed by atoms with Crippen LogP contribution in [0.4, 0.5) is 16.0 Å². The third kappa shape index (κ3) is 2.82. The summed E-state index contributed by atoms with van der Waals surface area (Å²) >= 11 is 0. The summed E-state index contributed by atoms with van der Waals surface area (Å²) in [6.07, 6.45) is 1.52. The molecule has 4 rings (SSSR count). The van der Waals surface area contributed by atoms with Crippen LogP contribution in [0.15, 0.2) is 48.8 Å². The van der Waals surface area contributed by atoms with Crippen LogP contribution in [0.2, 0.25) is 0 Å². The minimum Gasteiger partial charge on any atom is -0.323 e. The van der Waals surface area contributed by atoms with Gasteiger partial charge in [-0.2, -0.15) is 5.10 Å². The first-order valence-corrected chi connectivity index (χ1v) is 7.91. The maximum atomic E-state index is 13.3. The summed E-state index contributed by atoms with van der Waals surface area (Å²) in [5, 5.41) is 11.2. The van der Waals surface area contributed by atoms with Crippen LogP contribution in [-0.2, 0) is 0 Å². The van der Waals surface area contributed by atoms with E-state index in [2.05, 4.69) is 25.5 Å². The van der Waals surface area contributed by atoms with Crippen molar-refractivity contribution in [3.63, 3.8) is 0 Å². The highest BCUT2D eigenvalue weighted by Gasteiger charge is 2.14. The number of benzene rings is 2. The molecule has 5 nitrogen and oxygen atoms in total. The van der Waals surface area contributed by atoms with E-state index in [1.807, 2.05) is 32.0 Å². The zero-order valence-electron chi connectivity index (χ0n) is 13.8. The van der Waals surface area contributed by atoms with Crippen molar-refractivity contribution in [2.75, 3.05) is 5.32 Å². The van der Waals surface area contributed by atoms with Gasteiger partial charge in [-0.25, -0.2) is 14.4 Å². The number of nitrogens with one attached hydrogen (secondary N) is 2. The van der Waals surface area contributed by atoms with Gasteiger partial charge >= 0.3 is 0 Å². The highest BCUT2D eigenvalue weighted by atomic mass is 19.1. The summed E-state index contributed by atoms with van der Waals surface area (Å²) in [6, 6.07) is 12.3. The number of halogens is 1. The molecule has 124 valence electrons. The molecule has 25 heavy (non-hydrogen) atoms. The van der Waals surface area contributed by atoms with Gasteiger partial charge in [0.05, 0.1) is 10.9 Å². The minimum absolute atomic E-state index is 0.261. The fraction of sp³-hybridized carbons (Fsp3) is 0.105. The molecule has 0 aliphatic rings. The molecule has 0 bridgehead atoms. The van der Waals surface area contributed by atoms with Crippen LogP contribution in [0.5, 0.6) is 0 Å². The van der Waals surface area contributed by atoms with Crippen molar-refractivity contribution in [3.05, 3.63) is 65.9 Å². The van der Waals surface area contributed by atoms with Gasteiger partial charge < -0.3 is 5.32 Å². The largest absolute Gasteiger partial charge is 0.323 e. The zero-order valence-corrected chi connectivity index (χ0v) is 13.8. The topological polar surface area (TPSA) is 66.5 Å². The molecule has 0 unspecified atom stereocenters. The lowest BCUT2D eigenvalue weighted by Crippen LogP contribution is -1.99. The quantitative estimate of drug-likeness (QED) is 0.578. The molecule has 2 N–H and O–H groups in total. The van der Waals surface area contributed by atoms with Crippen LogP contribution in [-0.4, -0.2) is 20.2 Å². The van der Waals surface area contributed by atoms with Crippen LogP contribution in [0.3, 0.4) is 0 Å². The van der Waals surface area contributed by atoms with E-state index in [9.17, 15) is 4.39 Å². The highest BCUT2D eigenvalue weighted by molar-refractivity contribution is 6.03. The number of aromatic amines is 1. The smallest absolute Gasteiger partial charge is 0.153 e. The van der Waals surface area contributed by atoms with Crippen molar-refractivity contribution >= 4 is 22.5 Å². The maximum Gasteiger partial charge on any atom is 0.153 e. The van der Waals surface area contributed by atoms with E-state index in [-0.39, 0.29) is 5.82 Å². The first-order chi connectivity index (χ1) is 12.1. The van der Waals surface area contributed by atoms with Gasteiger partial charge in [0.2, 0.25) is 0 Å². The third-order valence-corrected chi connectivity index (χ3v) is 4.10. The van der Waals surface area contributed by atoms with E-state index in [1.54, 1.807) is 12.1 Å². The SMILES string of the molecule is Cc1cc(Nc2ncnc3ccc(C)c(-c4ccc(F)cc4)c23)n[nH]1. The Labute approximate surface area is 144 Å². The number of nitrogens with zero attached hydrogens (tertiary/aromatic N) is 3. The van der Waals surface area contributed by atoms with Gasteiger partial charge in [-0.3, -0.25) is 5.10 Å². The standard InChI is InChI=1S/C19H16FN5/c1-11-3-8-15-18(17(11)13-4-6-14(20)7-5-13)19(22-10-21-15)23-16-9-12(2)24-25-16/h3-10H,1-2H3,(H2,21,22,23,24,25). The summed E-state index contributed by atoms with van der Waals surface area (Å²) in [5.41, 5.74) is 4.73. The van der Waals surface area contributed by atoms with E-state index < -0.39 is 0 Å². The van der Waals surface area contributed by atoms with Crippen molar-refractivity contribution in [1.82, 2.24) is 20.2 Å². The number of anilines is 2. The Balaban J connectivity index is 1.95. The second-order valence-electron chi connectivity index (χ2n) is 5.94. The van der Waals surface area contributed by atoms with Gasteiger partial charge in [-0.1, -0.05) is 18.2 Å². The second-order valence-corrected chi connectivity index (χ2v) is 5.94. The summed E-state index contributed by atoms with van der Waals surface area (Å²) in [6.45, 7) is 3.96. The fourth-order valence-electron chi connectivity index (χ4n) is 2.94. The molecule has 0 fully saturated rings. The first kappa shape index (κ1) is 15.3. The Morgan fingerprint density at radius 3 is 2.52 bits per heavy atom. The van der Waals surface area contributed by atoms with Gasteiger partial charge in [0.15, 0.2) is 5.82 Å². The Hall–Kier alpha value is -3.28. The number of aryl methyl sites for hydroxylation is 2. The monoisotopic (exact) mass is 333 g/mol. The number of H-pyrrole nitrogens is 1. The van der Waals surface area contributed by atoms with Crippen LogP contribution >= 0.6 is 0 Å². The molecule has 2 aromatic heterocycles. The molecular formula is C19H16FN5. The van der Waals surface area contributed by atoms with Crippen molar-refractivity contribution in [2.45, 2.75) is 13.8 Å². The van der Waals surface area contributed by atoms with Gasteiger partial charge in [0.1, 0.15) is 18.0 Å². The molecule has 0 aliphatic heterocycles. The lowest BCUT2D eigenvalue weighted by molar-refractivity contribution is 0.628. The maximum absolute atomic E-state index is 13.3. The Kier molecular flexibility index (Phi) is 3.65. The number of fused-ring (bicyclic) bond motifs is 1. The lowest BCUT2D eigenvalue weighted by atomic mass is 9.96. The molecule has 2 heterocycles. The fourth-order valence-corrected chi connectivity index (χ4v) is 2.94. The van der Waals surface area contributed by atoms with Crippen molar-refractivity contribution in [2.24, 2.45) is 0 Å². The van der Waals surface area contributed by atoms with Crippen molar-refractivity contribution < 1.29 is 4.39 Å². The third-order valence-electron chi connectivity index (χ3n) is 4.10. The average Bonchev–Trinajstić information content (AvgIpc) is 3.01. The number of hydrogen-bond acceptors (Lipinski definition) is 4. The number of aromatic nitrogens is 4. The van der Waals surface area contributed by atoms with Crippen LogP contribution < -0.4 is 5.32 Å². The normalized spacial score (nSPS) is 11.0. The highest BCUT2D eigenvalue weighted by Crippen LogP contribution is 2.35. The number of rotatable bonds is 3. The van der Waals surface area contributed by atoms with Crippen LogP contribution in [0.1, 0.15) is 11.3 Å². The van der Waals surface area contributed by atoms with Crippen molar-refractivity contribution in [3.8, 4) is 11.1 Å². The summed E-state index contributed by atoms with van der Waals surface area (Å²) in [4.78, 5) is 8.79. The lowest BCUT2D eigenvalue weighted by Gasteiger charge is -2.13. The van der Waals surface area contributed by atoms with E-state index in [4.69, 9.17) is 0 Å². The molecule has 6 heteroatoms. The van der Waals surface area contributed by atoms with Gasteiger partial charge in [0.25, 0.3) is 0 Å². The van der Waals surface area contributed by atoms with E-state index >= 15 is 0 Å². The second kappa shape index (κ2) is 5.98. The summed E-state index contributed by atoms with van der Waals surface area (Å²) in [5.74, 6) is 1.09. The van der Waals surface area contributed by atoms with Crippen LogP contribution in [0, 0.1) is 19.7 Å². The molecule has 0 amide bonds. The Morgan fingerprint density at radius 1 is 1.00 bits per heavy atom. The molecule has 0 atom stereocenters.